The Morgan fingerprint density at radius 2 is 2.40 bits per heavy atom. The van der Waals surface area contributed by atoms with Crippen molar-refractivity contribution in [1.29, 1.82) is 0 Å². The van der Waals surface area contributed by atoms with E-state index in [1.54, 1.807) is 18.4 Å². The average Bonchev–Trinajstić information content (AvgIpc) is 3.13. The van der Waals surface area contributed by atoms with Crippen molar-refractivity contribution in [3.63, 3.8) is 0 Å². The van der Waals surface area contributed by atoms with Gasteiger partial charge in [0.1, 0.15) is 22.6 Å². The van der Waals surface area contributed by atoms with Crippen molar-refractivity contribution in [2.75, 3.05) is 19.0 Å². The SMILES string of the molecule is COc1ccc2nn3c(c2c1)NCCC3c1nccs1. The van der Waals surface area contributed by atoms with Crippen LogP contribution in [0.15, 0.2) is 29.8 Å². The summed E-state index contributed by atoms with van der Waals surface area (Å²) in [7, 11) is 1.68. The molecular formula is C14H14N4OS. The minimum Gasteiger partial charge on any atom is -0.497 e. The summed E-state index contributed by atoms with van der Waals surface area (Å²) in [5.41, 5.74) is 0.983. The van der Waals surface area contributed by atoms with Crippen LogP contribution in [0.2, 0.25) is 0 Å². The van der Waals surface area contributed by atoms with E-state index in [0.717, 1.165) is 40.4 Å². The van der Waals surface area contributed by atoms with Gasteiger partial charge in [0.25, 0.3) is 0 Å². The zero-order valence-electron chi connectivity index (χ0n) is 11.0. The molecule has 1 unspecified atom stereocenters. The second-order valence-corrected chi connectivity index (χ2v) is 5.70. The van der Waals surface area contributed by atoms with Crippen LogP contribution < -0.4 is 10.1 Å². The maximum absolute atomic E-state index is 5.31. The quantitative estimate of drug-likeness (QED) is 0.787. The number of rotatable bonds is 2. The Bertz CT molecular complexity index is 750. The smallest absolute Gasteiger partial charge is 0.133 e. The number of aromatic nitrogens is 3. The lowest BCUT2D eigenvalue weighted by atomic mass is 10.1. The van der Waals surface area contributed by atoms with E-state index in [0.29, 0.717) is 0 Å². The Kier molecular flexibility index (Phi) is 2.63. The molecule has 0 fully saturated rings. The third kappa shape index (κ3) is 1.68. The van der Waals surface area contributed by atoms with E-state index in [1.165, 1.54) is 0 Å². The number of fused-ring (bicyclic) bond motifs is 3. The molecule has 4 rings (SSSR count). The van der Waals surface area contributed by atoms with Gasteiger partial charge in [0.15, 0.2) is 0 Å². The van der Waals surface area contributed by atoms with Crippen LogP contribution in [0.5, 0.6) is 5.75 Å². The number of hydrogen-bond donors (Lipinski definition) is 1. The molecule has 2 aromatic heterocycles. The van der Waals surface area contributed by atoms with E-state index in [4.69, 9.17) is 9.84 Å². The molecule has 0 aliphatic carbocycles. The van der Waals surface area contributed by atoms with E-state index in [2.05, 4.69) is 15.0 Å². The highest BCUT2D eigenvalue weighted by Crippen LogP contribution is 2.36. The maximum Gasteiger partial charge on any atom is 0.133 e. The molecule has 1 N–H and O–H groups in total. The Balaban J connectivity index is 1.90. The summed E-state index contributed by atoms with van der Waals surface area (Å²) in [6.07, 6.45) is 2.86. The van der Waals surface area contributed by atoms with Crippen LogP contribution in [-0.2, 0) is 0 Å². The second kappa shape index (κ2) is 4.49. The molecule has 6 heteroatoms. The minimum atomic E-state index is 0.227. The fourth-order valence-electron chi connectivity index (χ4n) is 2.69. The molecule has 5 nitrogen and oxygen atoms in total. The fraction of sp³-hybridized carbons (Fsp3) is 0.286. The van der Waals surface area contributed by atoms with Gasteiger partial charge in [-0.3, -0.25) is 0 Å². The van der Waals surface area contributed by atoms with Crippen molar-refractivity contribution in [3.05, 3.63) is 34.8 Å². The zero-order valence-corrected chi connectivity index (χ0v) is 11.9. The van der Waals surface area contributed by atoms with Gasteiger partial charge in [-0.1, -0.05) is 0 Å². The first-order valence-electron chi connectivity index (χ1n) is 6.56. The number of benzene rings is 1. The molecule has 0 saturated heterocycles. The summed E-state index contributed by atoms with van der Waals surface area (Å²) in [6.45, 7) is 0.933. The molecule has 0 amide bonds. The molecule has 3 heterocycles. The summed E-state index contributed by atoms with van der Waals surface area (Å²) < 4.78 is 7.37. The number of ether oxygens (including phenoxy) is 1. The number of nitrogens with one attached hydrogen (secondary N) is 1. The number of methoxy groups -OCH3 is 1. The third-order valence-electron chi connectivity index (χ3n) is 3.65. The first kappa shape index (κ1) is 11.7. The highest BCUT2D eigenvalue weighted by atomic mass is 32.1. The van der Waals surface area contributed by atoms with Crippen LogP contribution in [0.1, 0.15) is 17.5 Å². The van der Waals surface area contributed by atoms with E-state index < -0.39 is 0 Å². The van der Waals surface area contributed by atoms with Crippen molar-refractivity contribution in [2.45, 2.75) is 12.5 Å². The maximum atomic E-state index is 5.31. The zero-order chi connectivity index (χ0) is 13.5. The molecule has 20 heavy (non-hydrogen) atoms. The van der Waals surface area contributed by atoms with Crippen LogP contribution in [0, 0.1) is 0 Å². The first-order chi connectivity index (χ1) is 9.86. The van der Waals surface area contributed by atoms with Crippen molar-refractivity contribution < 1.29 is 4.74 Å². The van der Waals surface area contributed by atoms with Gasteiger partial charge in [0, 0.05) is 23.5 Å². The Morgan fingerprint density at radius 3 is 3.20 bits per heavy atom. The predicted octanol–water partition coefficient (Wildman–Crippen LogP) is 2.91. The standard InChI is InChI=1S/C14H14N4OS/c1-19-9-2-3-11-10(8-9)13-15-5-4-12(18(13)17-11)14-16-6-7-20-14/h2-3,6-8,12,15H,4-5H2,1H3. The predicted molar refractivity (Wildman–Crippen MR) is 79.6 cm³/mol. The third-order valence-corrected chi connectivity index (χ3v) is 4.52. The lowest BCUT2D eigenvalue weighted by molar-refractivity contribution is 0.415. The molecule has 1 atom stereocenters. The lowest BCUT2D eigenvalue weighted by Crippen LogP contribution is -2.24. The molecule has 1 aliphatic heterocycles. The summed E-state index contributed by atoms with van der Waals surface area (Å²) in [6, 6.07) is 6.20. The van der Waals surface area contributed by atoms with E-state index in [9.17, 15) is 0 Å². The first-order valence-corrected chi connectivity index (χ1v) is 7.44. The largest absolute Gasteiger partial charge is 0.497 e. The summed E-state index contributed by atoms with van der Waals surface area (Å²) in [5.74, 6) is 1.91. The van der Waals surface area contributed by atoms with Crippen molar-refractivity contribution in [2.24, 2.45) is 0 Å². The monoisotopic (exact) mass is 286 g/mol. The Labute approximate surface area is 120 Å². The molecular weight excluding hydrogens is 272 g/mol. The van der Waals surface area contributed by atoms with Crippen LogP contribution in [0.3, 0.4) is 0 Å². The second-order valence-electron chi connectivity index (χ2n) is 4.78. The molecule has 1 aliphatic rings. The molecule has 0 spiro atoms. The average molecular weight is 286 g/mol. The van der Waals surface area contributed by atoms with Crippen molar-refractivity contribution >= 4 is 28.1 Å². The van der Waals surface area contributed by atoms with Crippen LogP contribution in [0.25, 0.3) is 10.9 Å². The summed E-state index contributed by atoms with van der Waals surface area (Å²) in [5, 5.41) is 12.4. The highest BCUT2D eigenvalue weighted by molar-refractivity contribution is 7.09. The number of thiazole rings is 1. The fourth-order valence-corrected chi connectivity index (χ4v) is 3.44. The van der Waals surface area contributed by atoms with Gasteiger partial charge in [0.05, 0.1) is 12.6 Å². The molecule has 3 aromatic rings. The Hall–Kier alpha value is -2.08. The molecule has 102 valence electrons. The van der Waals surface area contributed by atoms with E-state index in [-0.39, 0.29) is 6.04 Å². The number of hydrogen-bond acceptors (Lipinski definition) is 5. The normalized spacial score (nSPS) is 17.8. The van der Waals surface area contributed by atoms with Gasteiger partial charge in [-0.25, -0.2) is 9.67 Å². The molecule has 1 aromatic carbocycles. The van der Waals surface area contributed by atoms with Gasteiger partial charge in [-0.2, -0.15) is 5.10 Å². The van der Waals surface area contributed by atoms with E-state index in [1.807, 2.05) is 29.8 Å². The van der Waals surface area contributed by atoms with Gasteiger partial charge in [-0.05, 0) is 24.6 Å². The summed E-state index contributed by atoms with van der Waals surface area (Å²) >= 11 is 1.69. The summed E-state index contributed by atoms with van der Waals surface area (Å²) in [4.78, 5) is 4.45. The van der Waals surface area contributed by atoms with Crippen LogP contribution >= 0.6 is 11.3 Å². The van der Waals surface area contributed by atoms with Crippen molar-refractivity contribution in [3.8, 4) is 5.75 Å². The molecule has 0 saturated carbocycles. The van der Waals surface area contributed by atoms with E-state index >= 15 is 0 Å². The van der Waals surface area contributed by atoms with Gasteiger partial charge < -0.3 is 10.1 Å². The molecule has 0 radical (unpaired) electrons. The number of anilines is 1. The van der Waals surface area contributed by atoms with Crippen molar-refractivity contribution in [1.82, 2.24) is 14.8 Å². The highest BCUT2D eigenvalue weighted by Gasteiger charge is 2.26. The van der Waals surface area contributed by atoms with Crippen LogP contribution in [-0.4, -0.2) is 28.4 Å². The topological polar surface area (TPSA) is 52.0 Å². The van der Waals surface area contributed by atoms with Crippen LogP contribution in [0.4, 0.5) is 5.82 Å². The Morgan fingerprint density at radius 1 is 1.45 bits per heavy atom. The van der Waals surface area contributed by atoms with Gasteiger partial charge in [0.2, 0.25) is 0 Å². The van der Waals surface area contributed by atoms with Gasteiger partial charge in [-0.15, -0.1) is 11.3 Å². The minimum absolute atomic E-state index is 0.227. The number of nitrogens with zero attached hydrogens (tertiary/aromatic N) is 3. The van der Waals surface area contributed by atoms with Gasteiger partial charge >= 0.3 is 0 Å². The molecule has 0 bridgehead atoms. The lowest BCUT2D eigenvalue weighted by Gasteiger charge is -2.24.